The number of fused-ring (bicyclic) bond motifs is 2. The highest BCUT2D eigenvalue weighted by molar-refractivity contribution is 7.15. The number of azide groups is 1. The van der Waals surface area contributed by atoms with Crippen molar-refractivity contribution in [2.24, 2.45) is 11.0 Å². The SMILES string of the molecule is COc1c(-c2cc3c(s2)C(N=[N+]=[N-])C(C)CC3)ccc2c(=O)c(C(C)=O)cn(C3CC3)c12. The lowest BCUT2D eigenvalue weighted by Crippen LogP contribution is -2.18. The highest BCUT2D eigenvalue weighted by atomic mass is 32.1. The maximum atomic E-state index is 13.1. The third-order valence-electron chi connectivity index (χ3n) is 6.63. The summed E-state index contributed by atoms with van der Waals surface area (Å²) in [5, 5.41) is 4.58. The van der Waals surface area contributed by atoms with Crippen molar-refractivity contribution in [3.05, 3.63) is 61.1 Å². The van der Waals surface area contributed by atoms with E-state index in [1.165, 1.54) is 12.5 Å². The van der Waals surface area contributed by atoms with Gasteiger partial charge >= 0.3 is 0 Å². The predicted octanol–water partition coefficient (Wildman–Crippen LogP) is 6.21. The molecule has 0 radical (unpaired) electrons. The number of ether oxygens (including phenoxy) is 1. The van der Waals surface area contributed by atoms with E-state index in [1.54, 1.807) is 24.6 Å². The quantitative estimate of drug-likeness (QED) is 0.201. The van der Waals surface area contributed by atoms with Gasteiger partial charge in [0.15, 0.2) is 17.0 Å². The molecule has 0 bridgehead atoms. The second-order valence-electron chi connectivity index (χ2n) is 8.77. The number of pyridine rings is 1. The molecule has 2 aromatic heterocycles. The van der Waals surface area contributed by atoms with Gasteiger partial charge in [-0.05, 0) is 67.8 Å². The molecule has 0 saturated heterocycles. The van der Waals surface area contributed by atoms with Crippen molar-refractivity contribution in [3.63, 3.8) is 0 Å². The van der Waals surface area contributed by atoms with Gasteiger partial charge in [0, 0.05) is 32.5 Å². The van der Waals surface area contributed by atoms with E-state index in [1.807, 2.05) is 16.7 Å². The molecule has 2 aliphatic carbocycles. The first-order valence-electron chi connectivity index (χ1n) is 10.9. The Morgan fingerprint density at radius 3 is 2.75 bits per heavy atom. The Labute approximate surface area is 189 Å². The van der Waals surface area contributed by atoms with E-state index in [0.717, 1.165) is 46.5 Å². The fourth-order valence-corrected chi connectivity index (χ4v) is 6.15. The summed E-state index contributed by atoms with van der Waals surface area (Å²) >= 11 is 1.63. The molecule has 164 valence electrons. The summed E-state index contributed by atoms with van der Waals surface area (Å²) in [6, 6.07) is 6.00. The molecule has 2 atom stereocenters. The molecule has 5 rings (SSSR count). The summed E-state index contributed by atoms with van der Waals surface area (Å²) in [6.07, 6.45) is 5.67. The normalized spacial score (nSPS) is 20.0. The van der Waals surface area contributed by atoms with Gasteiger partial charge in [-0.15, -0.1) is 11.3 Å². The van der Waals surface area contributed by atoms with Gasteiger partial charge in [-0.3, -0.25) is 9.59 Å². The summed E-state index contributed by atoms with van der Waals surface area (Å²) in [7, 11) is 1.62. The first-order valence-corrected chi connectivity index (χ1v) is 11.7. The molecule has 1 saturated carbocycles. The van der Waals surface area contributed by atoms with Crippen LogP contribution in [0.4, 0.5) is 0 Å². The zero-order chi connectivity index (χ0) is 22.6. The lowest BCUT2D eigenvalue weighted by molar-refractivity contribution is 0.101. The molecular weight excluding hydrogens is 424 g/mol. The Bertz CT molecular complexity index is 1360. The predicted molar refractivity (Wildman–Crippen MR) is 126 cm³/mol. The fraction of sp³-hybridized carbons (Fsp3) is 0.417. The van der Waals surface area contributed by atoms with Crippen LogP contribution in [0.2, 0.25) is 0 Å². The summed E-state index contributed by atoms with van der Waals surface area (Å²) in [5.41, 5.74) is 11.9. The van der Waals surface area contributed by atoms with Crippen molar-refractivity contribution in [1.29, 1.82) is 0 Å². The molecule has 7 nitrogen and oxygen atoms in total. The number of thiophene rings is 1. The van der Waals surface area contributed by atoms with Crippen LogP contribution < -0.4 is 10.2 Å². The van der Waals surface area contributed by atoms with Crippen LogP contribution >= 0.6 is 11.3 Å². The number of carbonyl (C=O) groups is 1. The molecule has 2 heterocycles. The zero-order valence-electron chi connectivity index (χ0n) is 18.3. The van der Waals surface area contributed by atoms with Gasteiger partial charge < -0.3 is 9.30 Å². The number of Topliss-reactive ketones (excluding diaryl/α,β-unsaturated/α-hetero) is 1. The Morgan fingerprint density at radius 1 is 1.31 bits per heavy atom. The Balaban J connectivity index is 1.75. The second-order valence-corrected chi connectivity index (χ2v) is 9.86. The summed E-state index contributed by atoms with van der Waals surface area (Å²) in [5.74, 6) is 0.723. The molecule has 2 unspecified atom stereocenters. The lowest BCUT2D eigenvalue weighted by Gasteiger charge is -2.24. The van der Waals surface area contributed by atoms with E-state index >= 15 is 0 Å². The molecule has 8 heteroatoms. The Kier molecular flexibility index (Phi) is 5.07. The van der Waals surface area contributed by atoms with E-state index in [2.05, 4.69) is 23.0 Å². The van der Waals surface area contributed by atoms with Crippen LogP contribution in [-0.2, 0) is 6.42 Å². The zero-order valence-corrected chi connectivity index (χ0v) is 19.1. The minimum absolute atomic E-state index is 0.156. The van der Waals surface area contributed by atoms with Gasteiger partial charge in [-0.1, -0.05) is 12.0 Å². The van der Waals surface area contributed by atoms with Gasteiger partial charge in [0.05, 0.1) is 29.6 Å². The first-order chi connectivity index (χ1) is 15.4. The third-order valence-corrected chi connectivity index (χ3v) is 7.91. The van der Waals surface area contributed by atoms with Gasteiger partial charge in [0.2, 0.25) is 0 Å². The molecule has 1 aromatic carbocycles. The molecular formula is C24H24N4O3S. The Hall–Kier alpha value is -3.09. The van der Waals surface area contributed by atoms with Crippen LogP contribution in [0.25, 0.3) is 31.8 Å². The van der Waals surface area contributed by atoms with Gasteiger partial charge in [0.1, 0.15) is 0 Å². The molecule has 2 aliphatic rings. The maximum absolute atomic E-state index is 13.1. The van der Waals surface area contributed by atoms with Gasteiger partial charge in [-0.25, -0.2) is 0 Å². The van der Waals surface area contributed by atoms with Gasteiger partial charge in [0.25, 0.3) is 0 Å². The Morgan fingerprint density at radius 2 is 2.09 bits per heavy atom. The number of aromatic nitrogens is 1. The minimum atomic E-state index is -0.253. The minimum Gasteiger partial charge on any atom is -0.494 e. The molecule has 1 fully saturated rings. The van der Waals surface area contributed by atoms with Crippen molar-refractivity contribution in [2.45, 2.75) is 51.6 Å². The van der Waals surface area contributed by atoms with Crippen molar-refractivity contribution in [2.75, 3.05) is 7.11 Å². The van der Waals surface area contributed by atoms with E-state index in [4.69, 9.17) is 10.3 Å². The molecule has 32 heavy (non-hydrogen) atoms. The van der Waals surface area contributed by atoms with Crippen LogP contribution in [0.5, 0.6) is 5.75 Å². The van der Waals surface area contributed by atoms with Crippen molar-refractivity contribution >= 4 is 28.0 Å². The number of carbonyl (C=O) groups excluding carboxylic acids is 1. The van der Waals surface area contributed by atoms with Crippen molar-refractivity contribution < 1.29 is 9.53 Å². The summed E-state index contributed by atoms with van der Waals surface area (Å²) in [6.45, 7) is 3.56. The molecule has 3 aromatic rings. The number of benzene rings is 1. The van der Waals surface area contributed by atoms with E-state index in [-0.39, 0.29) is 28.9 Å². The van der Waals surface area contributed by atoms with E-state index in [9.17, 15) is 9.59 Å². The number of rotatable bonds is 5. The number of aryl methyl sites for hydroxylation is 1. The number of hydrogen-bond acceptors (Lipinski definition) is 5. The van der Waals surface area contributed by atoms with Crippen LogP contribution in [0.15, 0.2) is 34.3 Å². The average molecular weight is 449 g/mol. The lowest BCUT2D eigenvalue weighted by atomic mass is 9.86. The van der Waals surface area contributed by atoms with Crippen LogP contribution in [-0.4, -0.2) is 17.5 Å². The van der Waals surface area contributed by atoms with Crippen LogP contribution in [0.3, 0.4) is 0 Å². The second kappa shape index (κ2) is 7.80. The number of methoxy groups -OCH3 is 1. The highest BCUT2D eigenvalue weighted by Gasteiger charge is 2.31. The van der Waals surface area contributed by atoms with Crippen LogP contribution in [0.1, 0.15) is 66.0 Å². The maximum Gasteiger partial charge on any atom is 0.200 e. The highest BCUT2D eigenvalue weighted by Crippen LogP contribution is 2.48. The van der Waals surface area contributed by atoms with Gasteiger partial charge in [-0.2, -0.15) is 0 Å². The average Bonchev–Trinajstić information content (AvgIpc) is 3.53. The number of ketones is 1. The smallest absolute Gasteiger partial charge is 0.200 e. The fourth-order valence-electron chi connectivity index (χ4n) is 4.75. The van der Waals surface area contributed by atoms with Crippen LogP contribution in [0, 0.1) is 5.92 Å². The standard InChI is InChI=1S/C24H24N4O3S/c1-12-4-5-14-10-19(32-24(14)20(12)26-27-25)16-8-9-17-21(23(16)31-3)28(15-6-7-15)11-18(13(2)29)22(17)30/h8-12,15,20H,4-7H2,1-3H3. The number of hydrogen-bond donors (Lipinski definition) is 0. The summed E-state index contributed by atoms with van der Waals surface area (Å²) in [4.78, 5) is 30.4. The molecule has 0 N–H and O–H groups in total. The monoisotopic (exact) mass is 448 g/mol. The third kappa shape index (κ3) is 3.22. The first kappa shape index (κ1) is 20.8. The number of nitrogens with zero attached hydrogens (tertiary/aromatic N) is 4. The molecule has 0 aliphatic heterocycles. The molecule has 0 amide bonds. The van der Waals surface area contributed by atoms with E-state index < -0.39 is 0 Å². The summed E-state index contributed by atoms with van der Waals surface area (Å²) < 4.78 is 7.94. The van der Waals surface area contributed by atoms with E-state index in [0.29, 0.717) is 17.1 Å². The topological polar surface area (TPSA) is 97.1 Å². The largest absolute Gasteiger partial charge is 0.494 e. The van der Waals surface area contributed by atoms with Crippen molar-refractivity contribution in [1.82, 2.24) is 4.57 Å². The molecule has 0 spiro atoms. The van der Waals surface area contributed by atoms with Crippen molar-refractivity contribution in [3.8, 4) is 16.2 Å².